The summed E-state index contributed by atoms with van der Waals surface area (Å²) in [6.07, 6.45) is 0. The second-order valence-electron chi connectivity index (χ2n) is 5.58. The fraction of sp³-hybridized carbons (Fsp3) is 0.278. The predicted molar refractivity (Wildman–Crippen MR) is 99.8 cm³/mol. The summed E-state index contributed by atoms with van der Waals surface area (Å²) in [7, 11) is -0.571. The molecule has 1 atom stereocenters. The van der Waals surface area contributed by atoms with Gasteiger partial charge in [-0.05, 0) is 42.5 Å². The number of ether oxygens (including phenoxy) is 2. The van der Waals surface area contributed by atoms with Gasteiger partial charge >= 0.3 is 0 Å². The molecule has 1 fully saturated rings. The van der Waals surface area contributed by atoms with Gasteiger partial charge in [0.1, 0.15) is 11.5 Å². The number of nitrogens with zero attached hydrogens (tertiary/aromatic N) is 2. The van der Waals surface area contributed by atoms with Crippen molar-refractivity contribution < 1.29 is 17.9 Å². The zero-order valence-electron chi connectivity index (χ0n) is 14.4. The molecule has 2 aromatic carbocycles. The molecule has 0 amide bonds. The van der Waals surface area contributed by atoms with Gasteiger partial charge in [0.25, 0.3) is 0 Å². The highest BCUT2D eigenvalue weighted by Crippen LogP contribution is 2.45. The summed E-state index contributed by atoms with van der Waals surface area (Å²) in [6.45, 7) is 0.401. The molecule has 1 aliphatic rings. The average molecular weight is 390 g/mol. The van der Waals surface area contributed by atoms with Crippen LogP contribution in [0.3, 0.4) is 0 Å². The largest absolute Gasteiger partial charge is 0.497 e. The average Bonchev–Trinajstić information content (AvgIpc) is 3.18. The molecular formula is C18H18N2O4S2. The summed E-state index contributed by atoms with van der Waals surface area (Å²) >= 11 is 1.54. The fourth-order valence-electron chi connectivity index (χ4n) is 2.82. The Hall–Kier alpha value is -2.21. The lowest BCUT2D eigenvalue weighted by Crippen LogP contribution is -2.30. The molecule has 2 aromatic rings. The van der Waals surface area contributed by atoms with E-state index in [1.165, 1.54) is 28.6 Å². The van der Waals surface area contributed by atoms with Gasteiger partial charge in [0, 0.05) is 17.9 Å². The van der Waals surface area contributed by atoms with Crippen LogP contribution >= 0.6 is 11.8 Å². The molecule has 1 heterocycles. The van der Waals surface area contributed by atoms with Crippen LogP contribution in [0.15, 0.2) is 47.4 Å². The maximum atomic E-state index is 13.1. The standard InChI is InChI=1S/C18H18N2O4S2/c1-23-14-5-8-17(24-2)16(11-14)18-20(9-10-25-18)26(21,22)15-6-3-13(12-19)4-7-15/h3-8,11,18H,9-10H2,1-2H3. The minimum absolute atomic E-state index is 0.172. The van der Waals surface area contributed by atoms with Gasteiger partial charge in [-0.3, -0.25) is 0 Å². The van der Waals surface area contributed by atoms with Crippen LogP contribution in [0.1, 0.15) is 16.5 Å². The normalized spacial score (nSPS) is 17.7. The van der Waals surface area contributed by atoms with Crippen LogP contribution in [-0.4, -0.2) is 39.2 Å². The number of benzene rings is 2. The Morgan fingerprint density at radius 1 is 1.15 bits per heavy atom. The first kappa shape index (κ1) is 18.6. The molecule has 0 spiro atoms. The topological polar surface area (TPSA) is 79.6 Å². The first-order chi connectivity index (χ1) is 12.5. The van der Waals surface area contributed by atoms with Crippen LogP contribution in [0.2, 0.25) is 0 Å². The third-order valence-corrected chi connectivity index (χ3v) is 7.40. The number of nitriles is 1. The number of sulfonamides is 1. The Kier molecular flexibility index (Phi) is 5.41. The van der Waals surface area contributed by atoms with Crippen LogP contribution in [-0.2, 0) is 10.0 Å². The van der Waals surface area contributed by atoms with Gasteiger partial charge in [-0.25, -0.2) is 8.42 Å². The Labute approximate surface area is 157 Å². The monoisotopic (exact) mass is 390 g/mol. The van der Waals surface area contributed by atoms with Crippen molar-refractivity contribution in [3.8, 4) is 17.6 Å². The summed E-state index contributed by atoms with van der Waals surface area (Å²) in [6, 6.07) is 13.3. The zero-order valence-corrected chi connectivity index (χ0v) is 16.0. The molecule has 0 saturated carbocycles. The zero-order chi connectivity index (χ0) is 18.7. The number of rotatable bonds is 5. The summed E-state index contributed by atoms with van der Waals surface area (Å²) in [4.78, 5) is 0.172. The van der Waals surface area contributed by atoms with Crippen LogP contribution in [0.25, 0.3) is 0 Å². The van der Waals surface area contributed by atoms with Gasteiger partial charge in [0.2, 0.25) is 10.0 Å². The van der Waals surface area contributed by atoms with Gasteiger partial charge in [-0.15, -0.1) is 11.8 Å². The van der Waals surface area contributed by atoms with Crippen LogP contribution in [0, 0.1) is 11.3 Å². The van der Waals surface area contributed by atoms with Crippen molar-refractivity contribution >= 4 is 21.8 Å². The van der Waals surface area contributed by atoms with Crippen molar-refractivity contribution in [2.45, 2.75) is 10.3 Å². The molecule has 0 N–H and O–H groups in total. The molecule has 0 radical (unpaired) electrons. The second kappa shape index (κ2) is 7.58. The lowest BCUT2D eigenvalue weighted by atomic mass is 10.2. The highest BCUT2D eigenvalue weighted by atomic mass is 32.2. The SMILES string of the molecule is COc1ccc(OC)c(C2SCCN2S(=O)(=O)c2ccc(C#N)cc2)c1. The molecule has 0 aliphatic carbocycles. The van der Waals surface area contributed by atoms with Gasteiger partial charge < -0.3 is 9.47 Å². The quantitative estimate of drug-likeness (QED) is 0.781. The lowest BCUT2D eigenvalue weighted by molar-refractivity contribution is 0.382. The highest BCUT2D eigenvalue weighted by molar-refractivity contribution is 8.01. The van der Waals surface area contributed by atoms with Gasteiger partial charge in [0.15, 0.2) is 0 Å². The summed E-state index contributed by atoms with van der Waals surface area (Å²) < 4.78 is 38.4. The van der Waals surface area contributed by atoms with E-state index in [1.54, 1.807) is 38.1 Å². The molecule has 136 valence electrons. The maximum absolute atomic E-state index is 13.1. The molecule has 0 aromatic heterocycles. The van der Waals surface area contributed by atoms with Crippen molar-refractivity contribution in [1.82, 2.24) is 4.31 Å². The fourth-order valence-corrected chi connectivity index (χ4v) is 6.06. The third-order valence-electron chi connectivity index (χ3n) is 4.14. The molecule has 0 bridgehead atoms. The van der Waals surface area contributed by atoms with Crippen molar-refractivity contribution in [1.29, 1.82) is 5.26 Å². The molecule has 1 saturated heterocycles. The number of hydrogen-bond acceptors (Lipinski definition) is 6. The first-order valence-corrected chi connectivity index (χ1v) is 10.4. The van der Waals surface area contributed by atoms with E-state index in [2.05, 4.69) is 0 Å². The van der Waals surface area contributed by atoms with E-state index in [-0.39, 0.29) is 4.90 Å². The molecule has 3 rings (SSSR count). The van der Waals surface area contributed by atoms with Gasteiger partial charge in [-0.2, -0.15) is 9.57 Å². The van der Waals surface area contributed by atoms with E-state index < -0.39 is 15.4 Å². The second-order valence-corrected chi connectivity index (χ2v) is 8.66. The Bertz CT molecular complexity index is 937. The van der Waals surface area contributed by atoms with E-state index in [0.717, 1.165) is 5.56 Å². The van der Waals surface area contributed by atoms with E-state index in [0.29, 0.717) is 29.4 Å². The Balaban J connectivity index is 2.01. The highest BCUT2D eigenvalue weighted by Gasteiger charge is 2.38. The molecular weight excluding hydrogens is 372 g/mol. The van der Waals surface area contributed by atoms with Gasteiger partial charge in [-0.1, -0.05) is 0 Å². The van der Waals surface area contributed by atoms with E-state index in [4.69, 9.17) is 14.7 Å². The summed E-state index contributed by atoms with van der Waals surface area (Å²) in [5.41, 5.74) is 1.18. The van der Waals surface area contributed by atoms with Crippen molar-refractivity contribution in [2.75, 3.05) is 26.5 Å². The molecule has 1 unspecified atom stereocenters. The van der Waals surface area contributed by atoms with Crippen molar-refractivity contribution in [2.24, 2.45) is 0 Å². The lowest BCUT2D eigenvalue weighted by Gasteiger charge is -2.25. The van der Waals surface area contributed by atoms with Crippen LogP contribution < -0.4 is 9.47 Å². The third kappa shape index (κ3) is 3.38. The molecule has 8 heteroatoms. The number of thioether (sulfide) groups is 1. The first-order valence-electron chi connectivity index (χ1n) is 7.87. The summed E-state index contributed by atoms with van der Waals surface area (Å²) in [5, 5.41) is 8.50. The van der Waals surface area contributed by atoms with E-state index in [9.17, 15) is 8.42 Å². The van der Waals surface area contributed by atoms with Crippen LogP contribution in [0.5, 0.6) is 11.5 Å². The minimum atomic E-state index is -3.70. The number of hydrogen-bond donors (Lipinski definition) is 0. The Morgan fingerprint density at radius 2 is 1.88 bits per heavy atom. The summed E-state index contributed by atoms with van der Waals surface area (Å²) in [5.74, 6) is 1.94. The number of methoxy groups -OCH3 is 2. The molecule has 26 heavy (non-hydrogen) atoms. The van der Waals surface area contributed by atoms with E-state index in [1.807, 2.05) is 12.1 Å². The molecule has 6 nitrogen and oxygen atoms in total. The van der Waals surface area contributed by atoms with Crippen molar-refractivity contribution in [3.05, 3.63) is 53.6 Å². The molecule has 1 aliphatic heterocycles. The smallest absolute Gasteiger partial charge is 0.244 e. The predicted octanol–water partition coefficient (Wildman–Crippen LogP) is 3.01. The Morgan fingerprint density at radius 3 is 2.50 bits per heavy atom. The van der Waals surface area contributed by atoms with Crippen LogP contribution in [0.4, 0.5) is 0 Å². The maximum Gasteiger partial charge on any atom is 0.244 e. The minimum Gasteiger partial charge on any atom is -0.497 e. The van der Waals surface area contributed by atoms with Gasteiger partial charge in [0.05, 0.1) is 36.1 Å². The van der Waals surface area contributed by atoms with E-state index >= 15 is 0 Å². The van der Waals surface area contributed by atoms with Crippen molar-refractivity contribution in [3.63, 3.8) is 0 Å².